The van der Waals surface area contributed by atoms with Gasteiger partial charge >= 0.3 is 0 Å². The Kier molecular flexibility index (Phi) is 3.73. The Bertz CT molecular complexity index is 562. The Hall–Kier alpha value is -0.910. The molecule has 2 atom stereocenters. The molecule has 0 amide bonds. The fourth-order valence-corrected chi connectivity index (χ4v) is 5.15. The van der Waals surface area contributed by atoms with E-state index in [1.807, 2.05) is 32.0 Å². The zero-order valence-corrected chi connectivity index (χ0v) is 12.2. The van der Waals surface area contributed by atoms with E-state index >= 15 is 0 Å². The summed E-state index contributed by atoms with van der Waals surface area (Å²) in [6.45, 7) is 4.04. The van der Waals surface area contributed by atoms with Crippen LogP contribution < -0.4 is 5.73 Å². The van der Waals surface area contributed by atoms with Crippen molar-refractivity contribution in [3.05, 3.63) is 34.9 Å². The molecule has 0 spiro atoms. The topological polar surface area (TPSA) is 80.4 Å². The van der Waals surface area contributed by atoms with Crippen molar-refractivity contribution in [1.82, 2.24) is 0 Å². The lowest BCUT2D eigenvalue weighted by Crippen LogP contribution is -2.38. The summed E-state index contributed by atoms with van der Waals surface area (Å²) in [5.74, 6) is 0.0949. The zero-order chi connectivity index (χ0) is 14.3. The van der Waals surface area contributed by atoms with Crippen LogP contribution in [-0.4, -0.2) is 31.6 Å². The molecule has 0 bridgehead atoms. The number of aliphatic hydroxyl groups is 1. The third-order valence-corrected chi connectivity index (χ3v) is 6.06. The van der Waals surface area contributed by atoms with E-state index in [-0.39, 0.29) is 18.1 Å². The molecule has 0 radical (unpaired) electrons. The molecular weight excluding hydrogens is 262 g/mol. The molecule has 2 rings (SSSR count). The number of rotatable bonds is 3. The molecule has 106 valence electrons. The summed E-state index contributed by atoms with van der Waals surface area (Å²) in [5, 5.41) is 10.7. The first-order valence-corrected chi connectivity index (χ1v) is 8.28. The Morgan fingerprint density at radius 3 is 2.37 bits per heavy atom. The molecule has 2 unspecified atom stereocenters. The van der Waals surface area contributed by atoms with Crippen LogP contribution in [0.5, 0.6) is 0 Å². The van der Waals surface area contributed by atoms with Gasteiger partial charge < -0.3 is 10.8 Å². The van der Waals surface area contributed by atoms with Crippen LogP contribution >= 0.6 is 0 Å². The summed E-state index contributed by atoms with van der Waals surface area (Å²) < 4.78 is 23.5. The SMILES string of the molecule is Cc1cccc(C)c1C(O)C1(CN)CCS(=O)(=O)C1. The van der Waals surface area contributed by atoms with Gasteiger partial charge in [0.1, 0.15) is 0 Å². The first-order chi connectivity index (χ1) is 8.81. The summed E-state index contributed by atoms with van der Waals surface area (Å²) >= 11 is 0. The van der Waals surface area contributed by atoms with Crippen molar-refractivity contribution >= 4 is 9.84 Å². The maximum Gasteiger partial charge on any atom is 0.151 e. The molecule has 0 aromatic heterocycles. The highest BCUT2D eigenvalue weighted by atomic mass is 32.2. The lowest BCUT2D eigenvalue weighted by Gasteiger charge is -2.33. The first-order valence-electron chi connectivity index (χ1n) is 6.46. The van der Waals surface area contributed by atoms with Crippen LogP contribution in [0.3, 0.4) is 0 Å². The molecule has 3 N–H and O–H groups in total. The number of sulfone groups is 1. The summed E-state index contributed by atoms with van der Waals surface area (Å²) in [6, 6.07) is 5.79. The van der Waals surface area contributed by atoms with Gasteiger partial charge in [-0.2, -0.15) is 0 Å². The predicted molar refractivity (Wildman–Crippen MR) is 75.6 cm³/mol. The van der Waals surface area contributed by atoms with E-state index < -0.39 is 21.4 Å². The highest BCUT2D eigenvalue weighted by Crippen LogP contribution is 2.44. The number of hydrogen-bond acceptors (Lipinski definition) is 4. The minimum atomic E-state index is -3.08. The van der Waals surface area contributed by atoms with Gasteiger partial charge in [0.15, 0.2) is 9.84 Å². The van der Waals surface area contributed by atoms with Crippen molar-refractivity contribution in [2.24, 2.45) is 11.1 Å². The van der Waals surface area contributed by atoms with Crippen LogP contribution in [0.4, 0.5) is 0 Å². The maximum absolute atomic E-state index is 11.7. The van der Waals surface area contributed by atoms with Crippen LogP contribution in [0.1, 0.15) is 29.2 Å². The van der Waals surface area contributed by atoms with Crippen molar-refractivity contribution in [3.8, 4) is 0 Å². The summed E-state index contributed by atoms with van der Waals surface area (Å²) in [7, 11) is -3.08. The van der Waals surface area contributed by atoms with Gasteiger partial charge in [0.25, 0.3) is 0 Å². The van der Waals surface area contributed by atoms with Crippen molar-refractivity contribution in [3.63, 3.8) is 0 Å². The van der Waals surface area contributed by atoms with Crippen LogP contribution in [0.25, 0.3) is 0 Å². The molecule has 1 aromatic rings. The fraction of sp³-hybridized carbons (Fsp3) is 0.571. The predicted octanol–water partition coefficient (Wildman–Crippen LogP) is 1.10. The van der Waals surface area contributed by atoms with Crippen molar-refractivity contribution in [2.45, 2.75) is 26.4 Å². The Labute approximate surface area is 114 Å². The largest absolute Gasteiger partial charge is 0.388 e. The minimum Gasteiger partial charge on any atom is -0.388 e. The molecule has 19 heavy (non-hydrogen) atoms. The molecule has 1 aromatic carbocycles. The van der Waals surface area contributed by atoms with Crippen molar-refractivity contribution < 1.29 is 13.5 Å². The number of aryl methyl sites for hydroxylation is 2. The third-order valence-electron chi connectivity index (χ3n) is 4.22. The Morgan fingerprint density at radius 1 is 1.37 bits per heavy atom. The van der Waals surface area contributed by atoms with Gasteiger partial charge in [0.05, 0.1) is 17.6 Å². The average molecular weight is 283 g/mol. The number of benzene rings is 1. The van der Waals surface area contributed by atoms with E-state index in [9.17, 15) is 13.5 Å². The lowest BCUT2D eigenvalue weighted by molar-refractivity contribution is 0.0462. The molecule has 1 aliphatic heterocycles. The lowest BCUT2D eigenvalue weighted by atomic mass is 9.76. The van der Waals surface area contributed by atoms with Crippen LogP contribution in [-0.2, 0) is 9.84 Å². The molecule has 5 heteroatoms. The maximum atomic E-state index is 11.7. The quantitative estimate of drug-likeness (QED) is 0.870. The highest BCUT2D eigenvalue weighted by molar-refractivity contribution is 7.91. The zero-order valence-electron chi connectivity index (χ0n) is 11.4. The van der Waals surface area contributed by atoms with Gasteiger partial charge in [0, 0.05) is 12.0 Å². The monoisotopic (exact) mass is 283 g/mol. The second kappa shape index (κ2) is 4.89. The Morgan fingerprint density at radius 2 is 1.95 bits per heavy atom. The van der Waals surface area contributed by atoms with Gasteiger partial charge in [-0.25, -0.2) is 8.42 Å². The molecule has 0 aliphatic carbocycles. The molecule has 1 saturated heterocycles. The molecule has 1 fully saturated rings. The molecule has 4 nitrogen and oxygen atoms in total. The van der Waals surface area contributed by atoms with Crippen LogP contribution in [0.15, 0.2) is 18.2 Å². The van der Waals surface area contributed by atoms with E-state index in [0.29, 0.717) is 6.42 Å². The van der Waals surface area contributed by atoms with Gasteiger partial charge in [-0.1, -0.05) is 18.2 Å². The number of hydrogen-bond donors (Lipinski definition) is 2. The summed E-state index contributed by atoms with van der Waals surface area (Å²) in [4.78, 5) is 0. The smallest absolute Gasteiger partial charge is 0.151 e. The molecule has 1 heterocycles. The van der Waals surface area contributed by atoms with Gasteiger partial charge in [-0.05, 0) is 37.0 Å². The summed E-state index contributed by atoms with van der Waals surface area (Å²) in [6.07, 6.45) is -0.392. The second-order valence-corrected chi connectivity index (χ2v) is 7.80. The number of aliphatic hydroxyl groups excluding tert-OH is 1. The second-order valence-electron chi connectivity index (χ2n) is 5.62. The van der Waals surface area contributed by atoms with Crippen LogP contribution in [0, 0.1) is 19.3 Å². The molecule has 1 aliphatic rings. The molecule has 0 saturated carbocycles. The normalized spacial score (nSPS) is 27.4. The van der Waals surface area contributed by atoms with Gasteiger partial charge in [-0.3, -0.25) is 0 Å². The van der Waals surface area contributed by atoms with E-state index in [1.165, 1.54) is 0 Å². The first kappa shape index (κ1) is 14.5. The number of nitrogens with two attached hydrogens (primary N) is 1. The van der Waals surface area contributed by atoms with E-state index in [0.717, 1.165) is 16.7 Å². The van der Waals surface area contributed by atoms with Crippen molar-refractivity contribution in [1.29, 1.82) is 0 Å². The van der Waals surface area contributed by atoms with Gasteiger partial charge in [0.2, 0.25) is 0 Å². The fourth-order valence-electron chi connectivity index (χ4n) is 2.99. The standard InChI is InChI=1S/C14H21NO3S/c1-10-4-3-5-11(2)12(10)13(16)14(8-15)6-7-19(17,18)9-14/h3-5,13,16H,6-9,15H2,1-2H3. The van der Waals surface area contributed by atoms with E-state index in [4.69, 9.17) is 5.73 Å². The minimum absolute atomic E-state index is 0.0224. The van der Waals surface area contributed by atoms with Crippen molar-refractivity contribution in [2.75, 3.05) is 18.1 Å². The van der Waals surface area contributed by atoms with Gasteiger partial charge in [-0.15, -0.1) is 0 Å². The van der Waals surface area contributed by atoms with E-state index in [1.54, 1.807) is 0 Å². The average Bonchev–Trinajstić information content (AvgIpc) is 2.66. The highest BCUT2D eigenvalue weighted by Gasteiger charge is 2.47. The Balaban J connectivity index is 2.45. The molecular formula is C14H21NO3S. The third kappa shape index (κ3) is 2.55. The summed E-state index contributed by atoms with van der Waals surface area (Å²) in [5.41, 5.74) is 7.84. The van der Waals surface area contributed by atoms with E-state index in [2.05, 4.69) is 0 Å². The van der Waals surface area contributed by atoms with Crippen LogP contribution in [0.2, 0.25) is 0 Å².